The van der Waals surface area contributed by atoms with E-state index in [2.05, 4.69) is 27.6 Å². The molecule has 2 aromatic carbocycles. The normalized spacial score (nSPS) is 18.8. The first-order chi connectivity index (χ1) is 20.6. The third-order valence-electron chi connectivity index (χ3n) is 7.83. The molecule has 3 aromatic rings. The van der Waals surface area contributed by atoms with Crippen molar-refractivity contribution in [2.45, 2.75) is 52.8 Å². The molecule has 0 radical (unpaired) electrons. The Morgan fingerprint density at radius 1 is 1.14 bits per heavy atom. The predicted octanol–water partition coefficient (Wildman–Crippen LogP) is 3.95. The van der Waals surface area contributed by atoms with Crippen LogP contribution in [0.5, 0.6) is 17.2 Å². The van der Waals surface area contributed by atoms with E-state index in [9.17, 15) is 14.7 Å². The number of aromatic nitrogens is 1. The molecule has 1 aromatic heterocycles. The number of urea groups is 1. The number of aryl methyl sites for hydroxylation is 2. The van der Waals surface area contributed by atoms with E-state index in [0.717, 1.165) is 17.1 Å². The molecular weight excluding hydrogens is 554 g/mol. The van der Waals surface area contributed by atoms with E-state index in [1.54, 1.807) is 36.9 Å². The van der Waals surface area contributed by atoms with Crippen LogP contribution >= 0.6 is 0 Å². The number of aliphatic hydroxyl groups is 1. The maximum atomic E-state index is 13.5. The summed E-state index contributed by atoms with van der Waals surface area (Å²) in [5.74, 6) is 2.41. The van der Waals surface area contributed by atoms with E-state index < -0.39 is 6.03 Å². The lowest BCUT2D eigenvalue weighted by atomic mass is 10.0. The number of carbonyl (C=O) groups excluding carboxylic acids is 2. The van der Waals surface area contributed by atoms with Crippen LogP contribution in [-0.2, 0) is 17.8 Å². The monoisotopic (exact) mass is 593 g/mol. The number of nitrogens with zero attached hydrogens (tertiary/aromatic N) is 3. The highest BCUT2D eigenvalue weighted by molar-refractivity contribution is 6.00. The highest BCUT2D eigenvalue weighted by atomic mass is 16.7. The Morgan fingerprint density at radius 3 is 2.65 bits per heavy atom. The van der Waals surface area contributed by atoms with E-state index >= 15 is 0 Å². The molecule has 2 aliphatic heterocycles. The molecule has 0 unspecified atom stereocenters. The van der Waals surface area contributed by atoms with Gasteiger partial charge in [0.05, 0.1) is 19.1 Å². The second kappa shape index (κ2) is 12.9. The molecule has 0 saturated heterocycles. The van der Waals surface area contributed by atoms with Gasteiger partial charge in [0, 0.05) is 36.8 Å². The fraction of sp³-hybridized carbons (Fsp3) is 0.452. The van der Waals surface area contributed by atoms with Gasteiger partial charge in [-0.1, -0.05) is 18.1 Å². The summed E-state index contributed by atoms with van der Waals surface area (Å²) in [5, 5.41) is 19.4. The number of likely N-dealkylation sites (N-methyl/N-ethyl adjacent to an activating group) is 1. The Morgan fingerprint density at radius 2 is 1.91 bits per heavy atom. The van der Waals surface area contributed by atoms with Gasteiger partial charge in [0.25, 0.3) is 0 Å². The number of carbonyl (C=O) groups is 2. The Labute approximate surface area is 250 Å². The number of ether oxygens (including phenoxy) is 3. The summed E-state index contributed by atoms with van der Waals surface area (Å²) in [6.45, 7) is 9.12. The maximum Gasteiger partial charge on any atom is 0.323 e. The van der Waals surface area contributed by atoms with Crippen LogP contribution in [0.3, 0.4) is 0 Å². The minimum absolute atomic E-state index is 0.0401. The van der Waals surface area contributed by atoms with Crippen molar-refractivity contribution in [3.63, 3.8) is 0 Å². The predicted molar refractivity (Wildman–Crippen MR) is 160 cm³/mol. The molecule has 0 spiro atoms. The zero-order valence-corrected chi connectivity index (χ0v) is 25.2. The van der Waals surface area contributed by atoms with Gasteiger partial charge >= 0.3 is 6.03 Å². The Balaban J connectivity index is 1.36. The van der Waals surface area contributed by atoms with Gasteiger partial charge in [0.1, 0.15) is 23.2 Å². The Bertz CT molecular complexity index is 1460. The van der Waals surface area contributed by atoms with E-state index in [0.29, 0.717) is 53.8 Å². The number of aliphatic hydroxyl groups excluding tert-OH is 1. The largest absolute Gasteiger partial charge is 0.488 e. The summed E-state index contributed by atoms with van der Waals surface area (Å²) in [4.78, 5) is 30.2. The quantitative estimate of drug-likeness (QED) is 0.354. The van der Waals surface area contributed by atoms with Gasteiger partial charge < -0.3 is 39.4 Å². The molecule has 3 amide bonds. The maximum absolute atomic E-state index is 13.5. The zero-order chi connectivity index (χ0) is 30.7. The summed E-state index contributed by atoms with van der Waals surface area (Å²) < 4.78 is 22.7. The van der Waals surface area contributed by atoms with Gasteiger partial charge in [-0.15, -0.1) is 0 Å². The number of hydrogen-bond acceptors (Lipinski definition) is 9. The number of fused-ring (bicyclic) bond motifs is 2. The minimum Gasteiger partial charge on any atom is -0.488 e. The fourth-order valence-corrected chi connectivity index (χ4v) is 5.39. The van der Waals surface area contributed by atoms with Crippen LogP contribution in [0.15, 0.2) is 40.9 Å². The standard InChI is InChI=1S/C31H39N5O7/c1-18-13-36(19(2)16-37)29(38)12-23-11-24(32-31(39)33-30-20(3)34-43-21(30)4)7-9-25(23)42-28(18)15-35(5)14-22-6-8-26-27(10-22)41-17-40-26/h6-11,18-19,28,37H,12-17H2,1-5H3,(H2,32,33,39)/t18-,19-,28-/m1/s1. The van der Waals surface area contributed by atoms with Crippen LogP contribution in [0.2, 0.25) is 0 Å². The number of nitrogens with one attached hydrogen (secondary N) is 2. The molecule has 12 nitrogen and oxygen atoms in total. The van der Waals surface area contributed by atoms with Crippen LogP contribution in [0.1, 0.15) is 36.4 Å². The van der Waals surface area contributed by atoms with E-state index in [1.165, 1.54) is 0 Å². The molecule has 230 valence electrons. The minimum atomic E-state index is -0.461. The van der Waals surface area contributed by atoms with Crippen molar-refractivity contribution >= 4 is 23.3 Å². The average molecular weight is 594 g/mol. The topological polar surface area (TPSA) is 139 Å². The lowest BCUT2D eigenvalue weighted by Gasteiger charge is -2.34. The highest BCUT2D eigenvalue weighted by Gasteiger charge is 2.31. The first-order valence-corrected chi connectivity index (χ1v) is 14.4. The van der Waals surface area contributed by atoms with Crippen molar-refractivity contribution in [3.8, 4) is 17.2 Å². The van der Waals surface area contributed by atoms with Crippen molar-refractivity contribution in [3.05, 3.63) is 59.0 Å². The van der Waals surface area contributed by atoms with Crippen LogP contribution in [0.25, 0.3) is 0 Å². The molecular formula is C31H39N5O7. The third kappa shape index (κ3) is 7.03. The van der Waals surface area contributed by atoms with Crippen molar-refractivity contribution in [1.82, 2.24) is 15.0 Å². The molecule has 0 fully saturated rings. The lowest BCUT2D eigenvalue weighted by Crippen LogP contribution is -2.47. The number of amides is 3. The summed E-state index contributed by atoms with van der Waals surface area (Å²) in [6, 6.07) is 10.4. The molecule has 5 rings (SSSR count). The van der Waals surface area contributed by atoms with Gasteiger partial charge in [-0.3, -0.25) is 9.69 Å². The summed E-state index contributed by atoms with van der Waals surface area (Å²) in [5.41, 5.74) is 3.31. The second-order valence-corrected chi connectivity index (χ2v) is 11.4. The van der Waals surface area contributed by atoms with Crippen LogP contribution in [-0.4, -0.2) is 77.7 Å². The number of hydrogen-bond donors (Lipinski definition) is 3. The van der Waals surface area contributed by atoms with Crippen molar-refractivity contribution in [1.29, 1.82) is 0 Å². The molecule has 0 aliphatic carbocycles. The second-order valence-electron chi connectivity index (χ2n) is 11.4. The SMILES string of the molecule is Cc1noc(C)c1NC(=O)Nc1ccc2c(c1)CC(=O)N([C@H](C)CO)C[C@@H](C)[C@@H](CN(C)Cc1ccc3c(c1)OCO3)O2. The van der Waals surface area contributed by atoms with Gasteiger partial charge in [-0.05, 0) is 63.7 Å². The van der Waals surface area contributed by atoms with Gasteiger partial charge in [-0.2, -0.15) is 0 Å². The van der Waals surface area contributed by atoms with E-state index in [-0.39, 0.29) is 43.8 Å². The molecule has 2 aliphatic rings. The van der Waals surface area contributed by atoms with E-state index in [1.807, 2.05) is 32.2 Å². The number of anilines is 2. The van der Waals surface area contributed by atoms with Gasteiger partial charge in [0.2, 0.25) is 12.7 Å². The van der Waals surface area contributed by atoms with Crippen LogP contribution in [0.4, 0.5) is 16.2 Å². The average Bonchev–Trinajstić information content (AvgIpc) is 3.57. The number of benzene rings is 2. The lowest BCUT2D eigenvalue weighted by molar-refractivity contribution is -0.134. The molecule has 0 saturated carbocycles. The highest BCUT2D eigenvalue weighted by Crippen LogP contribution is 2.33. The van der Waals surface area contributed by atoms with E-state index in [4.69, 9.17) is 18.7 Å². The zero-order valence-electron chi connectivity index (χ0n) is 25.2. The molecule has 3 N–H and O–H groups in total. The Kier molecular flexibility index (Phi) is 9.07. The van der Waals surface area contributed by atoms with Crippen LogP contribution in [0, 0.1) is 19.8 Å². The fourth-order valence-electron chi connectivity index (χ4n) is 5.39. The molecule has 3 atom stereocenters. The summed E-state index contributed by atoms with van der Waals surface area (Å²) in [7, 11) is 2.03. The first kappa shape index (κ1) is 30.2. The Hall–Kier alpha value is -4.29. The van der Waals surface area contributed by atoms with Crippen LogP contribution < -0.4 is 24.8 Å². The summed E-state index contributed by atoms with van der Waals surface area (Å²) in [6.07, 6.45) is -0.202. The van der Waals surface area contributed by atoms with Crippen molar-refractivity contribution < 1.29 is 33.4 Å². The molecule has 12 heteroatoms. The van der Waals surface area contributed by atoms with Gasteiger partial charge in [-0.25, -0.2) is 4.79 Å². The van der Waals surface area contributed by atoms with Crippen molar-refractivity contribution in [2.75, 3.05) is 44.2 Å². The molecule has 3 heterocycles. The summed E-state index contributed by atoms with van der Waals surface area (Å²) >= 11 is 0. The van der Waals surface area contributed by atoms with Gasteiger partial charge in [0.15, 0.2) is 17.3 Å². The third-order valence-corrected chi connectivity index (χ3v) is 7.83. The molecule has 43 heavy (non-hydrogen) atoms. The first-order valence-electron chi connectivity index (χ1n) is 14.4. The van der Waals surface area contributed by atoms with Crippen molar-refractivity contribution in [2.24, 2.45) is 5.92 Å². The number of rotatable bonds is 8. The molecule has 0 bridgehead atoms. The smallest absolute Gasteiger partial charge is 0.323 e.